The van der Waals surface area contributed by atoms with Gasteiger partial charge in [-0.2, -0.15) is 0 Å². The molecule has 0 amide bonds. The number of carbonyl (C=O) groups is 1. The average Bonchev–Trinajstić information content (AvgIpc) is 2.24. The summed E-state index contributed by atoms with van der Waals surface area (Å²) in [6, 6.07) is 0. The minimum absolute atomic E-state index is 0.0425. The molecule has 0 radical (unpaired) electrons. The standard InChI is InChI=1S/C17H32O2/c1-11-13(2,3)14(4,5)15(6,7)16(8,9)17(11,10)12(18)19/h11H,1-10H3,(H,18,19). The lowest BCUT2D eigenvalue weighted by Crippen LogP contribution is -2.69. The minimum atomic E-state index is -0.727. The van der Waals surface area contributed by atoms with Crippen LogP contribution in [-0.4, -0.2) is 11.1 Å². The van der Waals surface area contributed by atoms with Crippen LogP contribution < -0.4 is 0 Å². The van der Waals surface area contributed by atoms with Crippen LogP contribution in [-0.2, 0) is 4.79 Å². The third kappa shape index (κ3) is 1.46. The lowest BCUT2D eigenvalue weighted by Gasteiger charge is -2.71. The number of rotatable bonds is 1. The van der Waals surface area contributed by atoms with Gasteiger partial charge in [-0.15, -0.1) is 0 Å². The van der Waals surface area contributed by atoms with E-state index in [0.717, 1.165) is 0 Å². The predicted molar refractivity (Wildman–Crippen MR) is 80.0 cm³/mol. The van der Waals surface area contributed by atoms with Gasteiger partial charge in [-0.1, -0.05) is 62.3 Å². The number of aliphatic carboxylic acids is 1. The van der Waals surface area contributed by atoms with E-state index >= 15 is 0 Å². The van der Waals surface area contributed by atoms with Gasteiger partial charge in [0.25, 0.3) is 0 Å². The van der Waals surface area contributed by atoms with Gasteiger partial charge in [0.15, 0.2) is 0 Å². The van der Waals surface area contributed by atoms with Gasteiger partial charge < -0.3 is 5.11 Å². The molecule has 1 aliphatic carbocycles. The predicted octanol–water partition coefficient (Wildman–Crippen LogP) is 4.83. The highest BCUT2D eigenvalue weighted by Gasteiger charge is 2.71. The van der Waals surface area contributed by atoms with Crippen molar-refractivity contribution in [3.05, 3.63) is 0 Å². The lowest BCUT2D eigenvalue weighted by molar-refractivity contribution is -0.251. The zero-order chi connectivity index (χ0) is 15.7. The van der Waals surface area contributed by atoms with E-state index in [1.807, 2.05) is 6.92 Å². The van der Waals surface area contributed by atoms with Crippen LogP contribution in [0, 0.1) is 33.0 Å². The first-order chi connectivity index (χ1) is 8.10. The van der Waals surface area contributed by atoms with Gasteiger partial charge in [-0.25, -0.2) is 0 Å². The second-order valence-corrected chi connectivity index (χ2v) is 8.83. The molecule has 0 heterocycles. The Labute approximate surface area is 119 Å². The highest BCUT2D eigenvalue weighted by atomic mass is 16.4. The molecule has 1 saturated carbocycles. The third-order valence-corrected chi connectivity index (χ3v) is 8.43. The smallest absolute Gasteiger partial charge is 0.310 e. The molecule has 1 rings (SSSR count). The van der Waals surface area contributed by atoms with Crippen LogP contribution >= 0.6 is 0 Å². The molecule has 1 N–H and O–H groups in total. The first kappa shape index (κ1) is 16.5. The van der Waals surface area contributed by atoms with Crippen molar-refractivity contribution in [2.24, 2.45) is 33.0 Å². The van der Waals surface area contributed by atoms with Crippen molar-refractivity contribution in [3.63, 3.8) is 0 Å². The molecule has 19 heavy (non-hydrogen) atoms. The van der Waals surface area contributed by atoms with Crippen molar-refractivity contribution >= 4 is 5.97 Å². The summed E-state index contributed by atoms with van der Waals surface area (Å²) in [6.07, 6.45) is 0. The molecule has 0 aromatic heterocycles. The summed E-state index contributed by atoms with van der Waals surface area (Å²) >= 11 is 0. The molecule has 112 valence electrons. The molecule has 2 atom stereocenters. The normalized spacial score (nSPS) is 38.7. The van der Waals surface area contributed by atoms with Crippen LogP contribution in [0.5, 0.6) is 0 Å². The first-order valence-electron chi connectivity index (χ1n) is 7.33. The molecular formula is C17H32O2. The first-order valence-corrected chi connectivity index (χ1v) is 7.33. The number of hydrogen-bond donors (Lipinski definition) is 1. The van der Waals surface area contributed by atoms with Crippen molar-refractivity contribution in [2.75, 3.05) is 0 Å². The van der Waals surface area contributed by atoms with Crippen LogP contribution in [0.1, 0.15) is 69.2 Å². The maximum absolute atomic E-state index is 12.1. The Morgan fingerprint density at radius 2 is 1.16 bits per heavy atom. The molecule has 2 heteroatoms. The summed E-state index contributed by atoms with van der Waals surface area (Å²) in [5, 5.41) is 9.94. The van der Waals surface area contributed by atoms with E-state index in [0.29, 0.717) is 0 Å². The minimum Gasteiger partial charge on any atom is -0.481 e. The Kier molecular flexibility index (Phi) is 3.28. The molecular weight excluding hydrogens is 236 g/mol. The SMILES string of the molecule is CC1C(C)(C)C(C)(C)C(C)(C)C(C)(C)C1(C)C(=O)O. The molecule has 0 aromatic rings. The second-order valence-electron chi connectivity index (χ2n) is 8.83. The second kappa shape index (κ2) is 3.77. The lowest BCUT2D eigenvalue weighted by atomic mass is 9.32. The van der Waals surface area contributed by atoms with Gasteiger partial charge in [-0.3, -0.25) is 4.79 Å². The van der Waals surface area contributed by atoms with Crippen molar-refractivity contribution in [1.82, 2.24) is 0 Å². The fraction of sp³-hybridized carbons (Fsp3) is 0.941. The zero-order valence-electron chi connectivity index (χ0n) is 14.4. The molecule has 1 aliphatic rings. The maximum atomic E-state index is 12.1. The Balaban J connectivity index is 3.72. The third-order valence-electron chi connectivity index (χ3n) is 8.43. The fourth-order valence-corrected chi connectivity index (χ4v) is 4.49. The topological polar surface area (TPSA) is 37.3 Å². The van der Waals surface area contributed by atoms with Gasteiger partial charge >= 0.3 is 5.97 Å². The molecule has 1 fully saturated rings. The summed E-state index contributed by atoms with van der Waals surface area (Å²) in [4.78, 5) is 12.1. The van der Waals surface area contributed by atoms with Crippen molar-refractivity contribution in [1.29, 1.82) is 0 Å². The Morgan fingerprint density at radius 1 is 0.789 bits per heavy atom. The van der Waals surface area contributed by atoms with E-state index in [9.17, 15) is 9.90 Å². The van der Waals surface area contributed by atoms with Crippen LogP contribution in [0.15, 0.2) is 0 Å². The van der Waals surface area contributed by atoms with Gasteiger partial charge in [0.1, 0.15) is 0 Å². The van der Waals surface area contributed by atoms with E-state index < -0.39 is 11.4 Å². The summed E-state index contributed by atoms with van der Waals surface area (Å²) < 4.78 is 0. The quantitative estimate of drug-likeness (QED) is 0.739. The molecule has 2 nitrogen and oxygen atoms in total. The van der Waals surface area contributed by atoms with E-state index in [4.69, 9.17) is 0 Å². The Hall–Kier alpha value is -0.530. The van der Waals surface area contributed by atoms with Crippen LogP contribution in [0.25, 0.3) is 0 Å². The van der Waals surface area contributed by atoms with Crippen molar-refractivity contribution in [3.8, 4) is 0 Å². The maximum Gasteiger partial charge on any atom is 0.310 e. The van der Waals surface area contributed by atoms with Crippen molar-refractivity contribution < 1.29 is 9.90 Å². The van der Waals surface area contributed by atoms with Crippen LogP contribution in [0.4, 0.5) is 0 Å². The van der Waals surface area contributed by atoms with E-state index in [-0.39, 0.29) is 27.6 Å². The molecule has 0 aromatic carbocycles. The largest absolute Gasteiger partial charge is 0.481 e. The molecule has 0 aliphatic heterocycles. The molecule has 0 bridgehead atoms. The van der Waals surface area contributed by atoms with E-state index in [1.54, 1.807) is 0 Å². The summed E-state index contributed by atoms with van der Waals surface area (Å²) in [7, 11) is 0. The van der Waals surface area contributed by atoms with Crippen LogP contribution in [0.2, 0.25) is 0 Å². The van der Waals surface area contributed by atoms with Gasteiger partial charge in [0, 0.05) is 0 Å². The van der Waals surface area contributed by atoms with Gasteiger partial charge in [-0.05, 0) is 34.5 Å². The van der Waals surface area contributed by atoms with Crippen LogP contribution in [0.3, 0.4) is 0 Å². The number of hydrogen-bond acceptors (Lipinski definition) is 1. The monoisotopic (exact) mass is 268 g/mol. The Bertz CT molecular complexity index is 401. The molecule has 2 unspecified atom stereocenters. The average molecular weight is 268 g/mol. The summed E-state index contributed by atoms with van der Waals surface area (Å²) in [5.41, 5.74) is -1.08. The highest BCUT2D eigenvalue weighted by molar-refractivity contribution is 5.76. The van der Waals surface area contributed by atoms with E-state index in [2.05, 4.69) is 62.3 Å². The Morgan fingerprint density at radius 3 is 1.47 bits per heavy atom. The molecule has 0 saturated heterocycles. The highest BCUT2D eigenvalue weighted by Crippen LogP contribution is 2.73. The molecule has 0 spiro atoms. The van der Waals surface area contributed by atoms with Crippen molar-refractivity contribution in [2.45, 2.75) is 69.2 Å². The summed E-state index contributed by atoms with van der Waals surface area (Å²) in [5.74, 6) is -0.558. The fourth-order valence-electron chi connectivity index (χ4n) is 4.49. The summed E-state index contributed by atoms with van der Waals surface area (Å²) in [6.45, 7) is 21.9. The number of carboxylic acid groups (broad SMARTS) is 1. The van der Waals surface area contributed by atoms with Gasteiger partial charge in [0.2, 0.25) is 0 Å². The number of carboxylic acids is 1. The van der Waals surface area contributed by atoms with E-state index in [1.165, 1.54) is 0 Å². The van der Waals surface area contributed by atoms with Gasteiger partial charge in [0.05, 0.1) is 5.41 Å². The zero-order valence-corrected chi connectivity index (χ0v) is 14.4.